The molecule has 6 heteroatoms. The topological polar surface area (TPSA) is 63.1 Å². The van der Waals surface area contributed by atoms with E-state index in [1.165, 1.54) is 17.4 Å². The molecule has 17 heavy (non-hydrogen) atoms. The van der Waals surface area contributed by atoms with Crippen LogP contribution in [0.3, 0.4) is 0 Å². The highest BCUT2D eigenvalue weighted by Crippen LogP contribution is 2.24. The van der Waals surface area contributed by atoms with Gasteiger partial charge in [0.25, 0.3) is 0 Å². The molecule has 2 amide bonds. The van der Waals surface area contributed by atoms with Crippen molar-refractivity contribution in [3.63, 3.8) is 0 Å². The van der Waals surface area contributed by atoms with E-state index in [1.54, 1.807) is 4.90 Å². The minimum Gasteiger partial charge on any atom is -0.314 e. The molecule has 0 aliphatic heterocycles. The van der Waals surface area contributed by atoms with Crippen molar-refractivity contribution < 1.29 is 4.79 Å². The molecule has 0 bridgehead atoms. The smallest absolute Gasteiger partial charge is 0.314 e. The largest absolute Gasteiger partial charge is 0.338 e. The van der Waals surface area contributed by atoms with E-state index in [0.29, 0.717) is 0 Å². The van der Waals surface area contributed by atoms with Crippen LogP contribution in [0.5, 0.6) is 0 Å². The van der Waals surface area contributed by atoms with Crippen molar-refractivity contribution in [1.29, 1.82) is 0 Å². The molecular formula is C11H21N5O. The Morgan fingerprint density at radius 2 is 1.71 bits per heavy atom. The van der Waals surface area contributed by atoms with Crippen LogP contribution in [0.25, 0.3) is 0 Å². The molecule has 0 radical (unpaired) electrons. The van der Waals surface area contributed by atoms with Gasteiger partial charge in [-0.2, -0.15) is 4.79 Å². The van der Waals surface area contributed by atoms with Crippen molar-refractivity contribution >= 4 is 6.03 Å². The summed E-state index contributed by atoms with van der Waals surface area (Å²) in [5.41, 5.74) is 2.12. The van der Waals surface area contributed by atoms with Crippen molar-refractivity contribution in [3.8, 4) is 0 Å². The lowest BCUT2D eigenvalue weighted by atomic mass is 9.97. The maximum Gasteiger partial charge on any atom is 0.338 e. The molecule has 6 nitrogen and oxygen atoms in total. The Balaban J connectivity index is 2.89. The van der Waals surface area contributed by atoms with Gasteiger partial charge in [-0.25, -0.2) is 15.2 Å². The molecule has 1 N–H and O–H groups in total. The fraction of sp³-hybridized carbons (Fsp3) is 0.727. The lowest BCUT2D eigenvalue weighted by molar-refractivity contribution is 0.0806. The molecule has 96 valence electrons. The molecule has 0 saturated carbocycles. The summed E-state index contributed by atoms with van der Waals surface area (Å²) >= 11 is 0. The number of nitrogens with one attached hydrogen (secondary N) is 1. The highest BCUT2D eigenvalue weighted by molar-refractivity contribution is 5.83. The minimum absolute atomic E-state index is 0.199. The Kier molecular flexibility index (Phi) is 3.45. The van der Waals surface area contributed by atoms with Gasteiger partial charge >= 0.3 is 6.03 Å². The third kappa shape index (κ3) is 3.44. The zero-order valence-corrected chi connectivity index (χ0v) is 11.4. The number of carbonyl (C=O) groups is 1. The van der Waals surface area contributed by atoms with Crippen LogP contribution in [-0.4, -0.2) is 36.9 Å². The first-order chi connectivity index (χ1) is 7.62. The Hall–Kier alpha value is -1.59. The van der Waals surface area contributed by atoms with E-state index in [2.05, 4.69) is 15.5 Å². The first kappa shape index (κ1) is 13.5. The van der Waals surface area contributed by atoms with E-state index >= 15 is 0 Å². The summed E-state index contributed by atoms with van der Waals surface area (Å²) in [5.74, 6) is 0. The monoisotopic (exact) mass is 239 g/mol. The number of amides is 2. The Bertz CT molecular complexity index is 358. The van der Waals surface area contributed by atoms with Gasteiger partial charge in [0.2, 0.25) is 0 Å². The summed E-state index contributed by atoms with van der Waals surface area (Å²) in [5, 5.41) is 3.85. The predicted octanol–water partition coefficient (Wildman–Crippen LogP) is 1.84. The summed E-state index contributed by atoms with van der Waals surface area (Å²) in [4.78, 5) is 19.1. The number of rotatable bonds is 1. The van der Waals surface area contributed by atoms with Crippen LogP contribution in [0.1, 0.15) is 41.5 Å². The van der Waals surface area contributed by atoms with Crippen molar-refractivity contribution in [1.82, 2.24) is 19.8 Å². The number of hydrogen-bond donors (Lipinski definition) is 1. The molecule has 1 heterocycles. The molecule has 0 spiro atoms. The van der Waals surface area contributed by atoms with Gasteiger partial charge in [-0.3, -0.25) is 0 Å². The number of nitrogens with zero attached hydrogens (tertiary/aromatic N) is 4. The number of carbonyl (C=O) groups excluding carboxylic acids is 1. The quantitative estimate of drug-likeness (QED) is 0.813. The predicted molar refractivity (Wildman–Crippen MR) is 66.1 cm³/mol. The molecule has 1 aromatic rings. The Morgan fingerprint density at radius 1 is 1.18 bits per heavy atom. The molecule has 0 aliphatic carbocycles. The van der Waals surface area contributed by atoms with Crippen LogP contribution in [0.2, 0.25) is 0 Å². The average molecular weight is 239 g/mol. The highest BCUT2D eigenvalue weighted by Gasteiger charge is 2.35. The lowest BCUT2D eigenvalue weighted by Crippen LogP contribution is -2.58. The number of aromatic nitrogens is 3. The van der Waals surface area contributed by atoms with Gasteiger partial charge in [-0.05, 0) is 41.5 Å². The van der Waals surface area contributed by atoms with Crippen LogP contribution in [0.15, 0.2) is 12.7 Å². The first-order valence-corrected chi connectivity index (χ1v) is 5.58. The van der Waals surface area contributed by atoms with Crippen molar-refractivity contribution in [2.75, 3.05) is 5.43 Å². The maximum absolute atomic E-state index is 12.2. The van der Waals surface area contributed by atoms with Crippen molar-refractivity contribution in [2.45, 2.75) is 52.6 Å². The van der Waals surface area contributed by atoms with E-state index in [4.69, 9.17) is 0 Å². The zero-order valence-electron chi connectivity index (χ0n) is 11.4. The standard InChI is InChI=1S/C11H21N5O/c1-10(2,3)16(11(4,5)6)9(17)14-15-8-12-7-13-15/h7-8H,1-6H3,(H,14,17). The molecule has 0 atom stereocenters. The van der Waals surface area contributed by atoms with Gasteiger partial charge in [0.15, 0.2) is 0 Å². The molecular weight excluding hydrogens is 218 g/mol. The van der Waals surface area contributed by atoms with Gasteiger partial charge in [0, 0.05) is 11.1 Å². The van der Waals surface area contributed by atoms with Crippen LogP contribution in [0, 0.1) is 0 Å². The van der Waals surface area contributed by atoms with Crippen LogP contribution in [-0.2, 0) is 0 Å². The lowest BCUT2D eigenvalue weighted by Gasteiger charge is -2.44. The van der Waals surface area contributed by atoms with Crippen molar-refractivity contribution in [2.24, 2.45) is 0 Å². The summed E-state index contributed by atoms with van der Waals surface area (Å²) in [7, 11) is 0. The SMILES string of the molecule is CC(C)(C)N(C(=O)Nn1cncn1)C(C)(C)C. The zero-order chi connectivity index (χ0) is 13.3. The average Bonchev–Trinajstić information content (AvgIpc) is 2.49. The van der Waals surface area contributed by atoms with Crippen LogP contribution >= 0.6 is 0 Å². The van der Waals surface area contributed by atoms with Gasteiger partial charge in [0.05, 0.1) is 0 Å². The van der Waals surface area contributed by atoms with E-state index in [9.17, 15) is 4.79 Å². The molecule has 0 fully saturated rings. The van der Waals surface area contributed by atoms with Gasteiger partial charge in [-0.1, -0.05) is 0 Å². The van der Waals surface area contributed by atoms with E-state index in [-0.39, 0.29) is 17.1 Å². The second-order valence-electron chi connectivity index (χ2n) is 5.93. The molecule has 1 aromatic heterocycles. The second kappa shape index (κ2) is 4.35. The fourth-order valence-electron chi connectivity index (χ4n) is 2.03. The summed E-state index contributed by atoms with van der Waals surface area (Å²) < 4.78 is 0. The summed E-state index contributed by atoms with van der Waals surface area (Å²) in [6.45, 7) is 12.0. The van der Waals surface area contributed by atoms with E-state index in [0.717, 1.165) is 0 Å². The first-order valence-electron chi connectivity index (χ1n) is 5.58. The van der Waals surface area contributed by atoms with Gasteiger partial charge < -0.3 is 4.90 Å². The molecule has 1 rings (SSSR count). The third-order valence-corrected chi connectivity index (χ3v) is 2.17. The van der Waals surface area contributed by atoms with Gasteiger partial charge in [-0.15, -0.1) is 5.10 Å². The van der Waals surface area contributed by atoms with E-state index < -0.39 is 0 Å². The fourth-order valence-corrected chi connectivity index (χ4v) is 2.03. The van der Waals surface area contributed by atoms with Crippen LogP contribution in [0.4, 0.5) is 4.79 Å². The van der Waals surface area contributed by atoms with E-state index in [1.807, 2.05) is 41.5 Å². The van der Waals surface area contributed by atoms with Crippen molar-refractivity contribution in [3.05, 3.63) is 12.7 Å². The summed E-state index contributed by atoms with van der Waals surface area (Å²) in [6.07, 6.45) is 2.82. The number of hydrogen-bond acceptors (Lipinski definition) is 3. The van der Waals surface area contributed by atoms with Crippen LogP contribution < -0.4 is 5.43 Å². The Morgan fingerprint density at radius 3 is 2.06 bits per heavy atom. The minimum atomic E-state index is -0.275. The normalized spacial score (nSPS) is 12.4. The summed E-state index contributed by atoms with van der Waals surface area (Å²) in [6, 6.07) is -0.199. The third-order valence-electron chi connectivity index (χ3n) is 2.17. The van der Waals surface area contributed by atoms with Gasteiger partial charge in [0.1, 0.15) is 12.7 Å². The highest BCUT2D eigenvalue weighted by atomic mass is 16.2. The maximum atomic E-state index is 12.2. The Labute approximate surface area is 102 Å². The molecule has 0 aromatic carbocycles. The molecule has 0 aliphatic rings. The molecule has 0 unspecified atom stereocenters. The second-order valence-corrected chi connectivity index (χ2v) is 5.93. The number of urea groups is 1. The molecule has 0 saturated heterocycles.